The topological polar surface area (TPSA) is 20.3 Å². The number of carbonyl (C=O) groups excluding carboxylic acids is 1. The molecule has 21 heavy (non-hydrogen) atoms. The molecule has 1 aliphatic rings. The first kappa shape index (κ1) is 14.0. The minimum Gasteiger partial charge on any atom is -0.292 e. The molecule has 1 unspecified atom stereocenters. The van der Waals surface area contributed by atoms with E-state index in [0.717, 1.165) is 25.1 Å². The fourth-order valence-corrected chi connectivity index (χ4v) is 2.95. The zero-order chi connectivity index (χ0) is 14.8. The summed E-state index contributed by atoms with van der Waals surface area (Å²) in [5, 5.41) is 0. The molecule has 1 heterocycles. The van der Waals surface area contributed by atoms with E-state index < -0.39 is 0 Å². The first-order chi connectivity index (χ1) is 10.2. The van der Waals surface area contributed by atoms with Crippen LogP contribution >= 0.6 is 0 Å². The molecule has 3 rings (SSSR count). The molecule has 108 valence electrons. The number of fused-ring (bicyclic) bond motifs is 1. The third kappa shape index (κ3) is 2.77. The monoisotopic (exact) mass is 279 g/mol. The summed E-state index contributed by atoms with van der Waals surface area (Å²) >= 11 is 0. The highest BCUT2D eigenvalue weighted by Crippen LogP contribution is 2.25. The van der Waals surface area contributed by atoms with E-state index in [0.29, 0.717) is 0 Å². The molecule has 0 saturated heterocycles. The maximum absolute atomic E-state index is 12.6. The predicted octanol–water partition coefficient (Wildman–Crippen LogP) is 3.84. The summed E-state index contributed by atoms with van der Waals surface area (Å²) in [6, 6.07) is 16.4. The van der Waals surface area contributed by atoms with E-state index in [4.69, 9.17) is 0 Å². The minimum absolute atomic E-state index is 0.0788. The van der Waals surface area contributed by atoms with Crippen molar-refractivity contribution in [3.63, 3.8) is 0 Å². The Hall–Kier alpha value is -1.93. The van der Waals surface area contributed by atoms with Crippen molar-refractivity contribution in [3.8, 4) is 0 Å². The van der Waals surface area contributed by atoms with Gasteiger partial charge in [0.25, 0.3) is 0 Å². The van der Waals surface area contributed by atoms with Crippen molar-refractivity contribution in [2.24, 2.45) is 0 Å². The van der Waals surface area contributed by atoms with Crippen molar-refractivity contribution >= 4 is 5.78 Å². The van der Waals surface area contributed by atoms with E-state index in [9.17, 15) is 4.79 Å². The SMILES string of the molecule is CCc1ccc(C(=O)C(C)N2Cc3ccccc3C2)cc1. The summed E-state index contributed by atoms with van der Waals surface area (Å²) in [5.41, 5.74) is 4.78. The number of aryl methyl sites for hydroxylation is 1. The first-order valence-corrected chi connectivity index (χ1v) is 7.63. The van der Waals surface area contributed by atoms with Gasteiger partial charge in [-0.1, -0.05) is 55.5 Å². The number of ketones is 1. The van der Waals surface area contributed by atoms with Crippen molar-refractivity contribution in [1.29, 1.82) is 0 Å². The normalized spacial score (nSPS) is 15.7. The molecule has 0 spiro atoms. The molecule has 0 radical (unpaired) electrons. The van der Waals surface area contributed by atoms with Crippen LogP contribution in [-0.4, -0.2) is 16.7 Å². The van der Waals surface area contributed by atoms with Crippen molar-refractivity contribution < 1.29 is 4.79 Å². The van der Waals surface area contributed by atoms with Crippen LogP contribution in [0.4, 0.5) is 0 Å². The van der Waals surface area contributed by atoms with Gasteiger partial charge in [-0.05, 0) is 30.0 Å². The summed E-state index contributed by atoms with van der Waals surface area (Å²) in [6.45, 7) is 5.88. The van der Waals surface area contributed by atoms with E-state index in [1.165, 1.54) is 16.7 Å². The largest absolute Gasteiger partial charge is 0.292 e. The number of Topliss-reactive ketones (excluding diaryl/α,β-unsaturated/α-hetero) is 1. The zero-order valence-electron chi connectivity index (χ0n) is 12.7. The highest BCUT2D eigenvalue weighted by Gasteiger charge is 2.27. The van der Waals surface area contributed by atoms with E-state index in [1.54, 1.807) is 0 Å². The quantitative estimate of drug-likeness (QED) is 0.793. The summed E-state index contributed by atoms with van der Waals surface area (Å²) in [6.07, 6.45) is 1.01. The Morgan fingerprint density at radius 2 is 1.62 bits per heavy atom. The molecule has 2 nitrogen and oxygen atoms in total. The van der Waals surface area contributed by atoms with Gasteiger partial charge in [0, 0.05) is 18.7 Å². The maximum atomic E-state index is 12.6. The van der Waals surface area contributed by atoms with E-state index >= 15 is 0 Å². The van der Waals surface area contributed by atoms with Crippen LogP contribution in [0.3, 0.4) is 0 Å². The third-order valence-corrected chi connectivity index (χ3v) is 4.44. The second kappa shape index (κ2) is 5.82. The highest BCUT2D eigenvalue weighted by atomic mass is 16.1. The average molecular weight is 279 g/mol. The van der Waals surface area contributed by atoms with Gasteiger partial charge in [-0.3, -0.25) is 9.69 Å². The van der Waals surface area contributed by atoms with Gasteiger partial charge in [-0.25, -0.2) is 0 Å². The summed E-state index contributed by atoms with van der Waals surface area (Å²) in [4.78, 5) is 14.9. The Morgan fingerprint density at radius 3 is 2.14 bits per heavy atom. The summed E-state index contributed by atoms with van der Waals surface area (Å²) in [7, 11) is 0. The number of benzene rings is 2. The Balaban J connectivity index is 1.73. The molecule has 0 saturated carbocycles. The lowest BCUT2D eigenvalue weighted by molar-refractivity contribution is 0.0835. The van der Waals surface area contributed by atoms with Gasteiger partial charge in [0.2, 0.25) is 0 Å². The van der Waals surface area contributed by atoms with Gasteiger partial charge < -0.3 is 0 Å². The molecule has 0 fully saturated rings. The molecule has 1 atom stereocenters. The lowest BCUT2D eigenvalue weighted by Crippen LogP contribution is -2.35. The molecule has 0 aliphatic carbocycles. The van der Waals surface area contributed by atoms with Crippen LogP contribution < -0.4 is 0 Å². The summed E-state index contributed by atoms with van der Waals surface area (Å²) < 4.78 is 0. The van der Waals surface area contributed by atoms with Crippen molar-refractivity contribution in [2.45, 2.75) is 39.4 Å². The Kier molecular flexibility index (Phi) is 3.89. The molecule has 0 bridgehead atoms. The number of hydrogen-bond acceptors (Lipinski definition) is 2. The van der Waals surface area contributed by atoms with Crippen LogP contribution in [0.25, 0.3) is 0 Å². The van der Waals surface area contributed by atoms with Gasteiger partial charge in [0.15, 0.2) is 5.78 Å². The van der Waals surface area contributed by atoms with Gasteiger partial charge in [-0.15, -0.1) is 0 Å². The van der Waals surface area contributed by atoms with E-state index in [1.807, 2.05) is 19.1 Å². The standard InChI is InChI=1S/C19H21NO/c1-3-15-8-10-16(11-9-15)19(21)14(2)20-12-17-6-4-5-7-18(17)13-20/h4-11,14H,3,12-13H2,1-2H3. The predicted molar refractivity (Wildman–Crippen MR) is 85.3 cm³/mol. The van der Waals surface area contributed by atoms with Crippen LogP contribution in [0.15, 0.2) is 48.5 Å². The molecule has 0 aromatic heterocycles. The molecule has 1 aliphatic heterocycles. The summed E-state index contributed by atoms with van der Waals surface area (Å²) in [5.74, 6) is 0.213. The number of carbonyl (C=O) groups is 1. The van der Waals surface area contributed by atoms with Gasteiger partial charge in [0.05, 0.1) is 6.04 Å². The molecule has 2 heteroatoms. The first-order valence-electron chi connectivity index (χ1n) is 7.63. The van der Waals surface area contributed by atoms with Crippen molar-refractivity contribution in [1.82, 2.24) is 4.90 Å². The van der Waals surface area contributed by atoms with E-state index in [2.05, 4.69) is 48.2 Å². The fourth-order valence-electron chi connectivity index (χ4n) is 2.95. The molecule has 2 aromatic carbocycles. The highest BCUT2D eigenvalue weighted by molar-refractivity contribution is 5.99. The van der Waals surface area contributed by atoms with Crippen molar-refractivity contribution in [3.05, 3.63) is 70.8 Å². The number of rotatable bonds is 4. The van der Waals surface area contributed by atoms with E-state index in [-0.39, 0.29) is 11.8 Å². The van der Waals surface area contributed by atoms with Crippen LogP contribution in [0.5, 0.6) is 0 Å². The lowest BCUT2D eigenvalue weighted by atomic mass is 10.0. The van der Waals surface area contributed by atoms with Gasteiger partial charge in [0.1, 0.15) is 0 Å². The number of hydrogen-bond donors (Lipinski definition) is 0. The van der Waals surface area contributed by atoms with Gasteiger partial charge >= 0.3 is 0 Å². The molecule has 2 aromatic rings. The average Bonchev–Trinajstić information content (AvgIpc) is 2.97. The smallest absolute Gasteiger partial charge is 0.179 e. The van der Waals surface area contributed by atoms with Crippen LogP contribution in [-0.2, 0) is 19.5 Å². The molecular weight excluding hydrogens is 258 g/mol. The van der Waals surface area contributed by atoms with Gasteiger partial charge in [-0.2, -0.15) is 0 Å². The van der Waals surface area contributed by atoms with Crippen LogP contribution in [0.1, 0.15) is 40.9 Å². The second-order valence-corrected chi connectivity index (χ2v) is 5.76. The zero-order valence-corrected chi connectivity index (χ0v) is 12.7. The second-order valence-electron chi connectivity index (χ2n) is 5.76. The molecule has 0 N–H and O–H groups in total. The Labute approximate surface area is 126 Å². The molecular formula is C19H21NO. The number of nitrogens with zero attached hydrogens (tertiary/aromatic N) is 1. The van der Waals surface area contributed by atoms with Crippen LogP contribution in [0, 0.1) is 0 Å². The lowest BCUT2D eigenvalue weighted by Gasteiger charge is -2.22. The Morgan fingerprint density at radius 1 is 1.05 bits per heavy atom. The van der Waals surface area contributed by atoms with Crippen LogP contribution in [0.2, 0.25) is 0 Å². The molecule has 0 amide bonds. The maximum Gasteiger partial charge on any atom is 0.179 e. The Bertz CT molecular complexity index is 620. The third-order valence-electron chi connectivity index (χ3n) is 4.44. The fraction of sp³-hybridized carbons (Fsp3) is 0.316. The minimum atomic E-state index is -0.0788. The van der Waals surface area contributed by atoms with Crippen molar-refractivity contribution in [2.75, 3.05) is 0 Å².